The Labute approximate surface area is 210 Å². The minimum absolute atomic E-state index is 0.310. The Kier molecular flexibility index (Phi) is 5.10. The zero-order valence-electron chi connectivity index (χ0n) is 19.6. The van der Waals surface area contributed by atoms with E-state index in [2.05, 4.69) is 41.1 Å². The van der Waals surface area contributed by atoms with Crippen LogP contribution in [0, 0.1) is 5.82 Å². The topological polar surface area (TPSA) is 108 Å². The SMILES string of the molecule is Fc1cccc(-c2cncc3[nH]c(-c4[nH]nc5ncc(-c6cncc(N7CCOCC7)c6)cc45)nc23)c1. The lowest BCUT2D eigenvalue weighted by Gasteiger charge is -2.28. The highest BCUT2D eigenvalue weighted by molar-refractivity contribution is 5.96. The molecule has 0 radical (unpaired) electrons. The second kappa shape index (κ2) is 8.75. The molecule has 7 rings (SSSR count). The van der Waals surface area contributed by atoms with Gasteiger partial charge < -0.3 is 14.6 Å². The summed E-state index contributed by atoms with van der Waals surface area (Å²) in [6, 6.07) is 10.6. The van der Waals surface area contributed by atoms with Crippen LogP contribution < -0.4 is 4.90 Å². The molecule has 0 atom stereocenters. The quantitative estimate of drug-likeness (QED) is 0.370. The summed E-state index contributed by atoms with van der Waals surface area (Å²) in [6.45, 7) is 3.10. The zero-order valence-corrected chi connectivity index (χ0v) is 19.6. The average molecular weight is 493 g/mol. The number of aromatic nitrogens is 7. The number of halogens is 1. The molecular formula is C27H21FN8O. The van der Waals surface area contributed by atoms with E-state index < -0.39 is 0 Å². The average Bonchev–Trinajstić information content (AvgIpc) is 3.57. The number of rotatable bonds is 4. The van der Waals surface area contributed by atoms with E-state index in [4.69, 9.17) is 9.72 Å². The summed E-state index contributed by atoms with van der Waals surface area (Å²) in [5.74, 6) is 0.290. The Morgan fingerprint density at radius 2 is 1.76 bits per heavy atom. The summed E-state index contributed by atoms with van der Waals surface area (Å²) in [7, 11) is 0. The summed E-state index contributed by atoms with van der Waals surface area (Å²) in [5, 5.41) is 8.29. The van der Waals surface area contributed by atoms with E-state index in [1.54, 1.807) is 24.7 Å². The first-order valence-corrected chi connectivity index (χ1v) is 12.0. The molecule has 1 saturated heterocycles. The van der Waals surface area contributed by atoms with Crippen molar-refractivity contribution in [1.29, 1.82) is 0 Å². The summed E-state index contributed by atoms with van der Waals surface area (Å²) in [5.41, 5.74) is 7.14. The highest BCUT2D eigenvalue weighted by Crippen LogP contribution is 2.32. The molecule has 6 heterocycles. The van der Waals surface area contributed by atoms with E-state index in [1.165, 1.54) is 12.1 Å². The van der Waals surface area contributed by atoms with Gasteiger partial charge in [0.05, 0.1) is 47.7 Å². The van der Waals surface area contributed by atoms with Crippen LogP contribution >= 0.6 is 0 Å². The smallest absolute Gasteiger partial charge is 0.181 e. The fourth-order valence-corrected chi connectivity index (χ4v) is 4.74. The van der Waals surface area contributed by atoms with E-state index in [9.17, 15) is 4.39 Å². The minimum Gasteiger partial charge on any atom is -0.378 e. The molecule has 2 N–H and O–H groups in total. The predicted molar refractivity (Wildman–Crippen MR) is 138 cm³/mol. The maximum Gasteiger partial charge on any atom is 0.181 e. The molecule has 0 unspecified atom stereocenters. The molecule has 9 nitrogen and oxygen atoms in total. The van der Waals surface area contributed by atoms with E-state index >= 15 is 0 Å². The predicted octanol–water partition coefficient (Wildman–Crippen LogP) is 4.60. The molecule has 10 heteroatoms. The number of nitrogens with one attached hydrogen (secondary N) is 2. The van der Waals surface area contributed by atoms with Gasteiger partial charge in [0.1, 0.15) is 11.5 Å². The third kappa shape index (κ3) is 3.87. The molecule has 0 amide bonds. The number of ether oxygens (including phenoxy) is 1. The van der Waals surface area contributed by atoms with E-state index in [0.29, 0.717) is 41.5 Å². The van der Waals surface area contributed by atoms with Crippen molar-refractivity contribution in [2.75, 3.05) is 31.2 Å². The molecule has 0 spiro atoms. The minimum atomic E-state index is -0.310. The first-order valence-electron chi connectivity index (χ1n) is 12.0. The second-order valence-electron chi connectivity index (χ2n) is 8.90. The number of nitrogens with zero attached hydrogens (tertiary/aromatic N) is 6. The fourth-order valence-electron chi connectivity index (χ4n) is 4.74. The van der Waals surface area contributed by atoms with Gasteiger partial charge in [-0.1, -0.05) is 12.1 Å². The lowest BCUT2D eigenvalue weighted by atomic mass is 10.1. The molecule has 182 valence electrons. The van der Waals surface area contributed by atoms with Crippen LogP contribution in [0.4, 0.5) is 10.1 Å². The van der Waals surface area contributed by atoms with Gasteiger partial charge in [0.25, 0.3) is 0 Å². The van der Waals surface area contributed by atoms with Crippen LogP contribution in [-0.2, 0) is 4.74 Å². The lowest BCUT2D eigenvalue weighted by molar-refractivity contribution is 0.122. The molecule has 5 aromatic heterocycles. The maximum absolute atomic E-state index is 13.9. The van der Waals surface area contributed by atoms with E-state index in [1.807, 2.05) is 24.5 Å². The number of fused-ring (bicyclic) bond motifs is 2. The van der Waals surface area contributed by atoms with Crippen LogP contribution in [0.5, 0.6) is 0 Å². The van der Waals surface area contributed by atoms with Gasteiger partial charge in [-0.25, -0.2) is 14.4 Å². The Balaban J connectivity index is 1.30. The normalized spacial score (nSPS) is 14.0. The Hall–Kier alpha value is -4.70. The van der Waals surface area contributed by atoms with Crippen molar-refractivity contribution in [3.8, 4) is 33.8 Å². The van der Waals surface area contributed by atoms with Crippen molar-refractivity contribution >= 4 is 27.8 Å². The standard InChI is InChI=1S/C27H21FN8O/c28-19-3-1-2-16(8-19)22-14-30-15-23-24(22)33-27(32-23)25-21-10-18(12-31-26(21)35-34-25)17-9-20(13-29-11-17)36-4-6-37-7-5-36/h1-3,8-15H,4-7H2,(H,32,33)(H,31,34,35). The molecule has 37 heavy (non-hydrogen) atoms. The second-order valence-corrected chi connectivity index (χ2v) is 8.90. The van der Waals surface area contributed by atoms with Crippen molar-refractivity contribution in [1.82, 2.24) is 35.1 Å². The van der Waals surface area contributed by atoms with Crippen molar-refractivity contribution < 1.29 is 9.13 Å². The largest absolute Gasteiger partial charge is 0.378 e. The van der Waals surface area contributed by atoms with Crippen molar-refractivity contribution in [3.05, 3.63) is 73.2 Å². The van der Waals surface area contributed by atoms with Gasteiger partial charge in [0, 0.05) is 48.4 Å². The number of pyridine rings is 3. The van der Waals surface area contributed by atoms with Gasteiger partial charge in [-0.3, -0.25) is 15.1 Å². The number of morpholine rings is 1. The lowest BCUT2D eigenvalue weighted by Crippen LogP contribution is -2.36. The Morgan fingerprint density at radius 3 is 2.65 bits per heavy atom. The Morgan fingerprint density at radius 1 is 0.892 bits per heavy atom. The van der Waals surface area contributed by atoms with Crippen LogP contribution in [0.25, 0.3) is 55.8 Å². The fraction of sp³-hybridized carbons (Fsp3) is 0.148. The van der Waals surface area contributed by atoms with Crippen LogP contribution in [0.1, 0.15) is 0 Å². The summed E-state index contributed by atoms with van der Waals surface area (Å²) in [4.78, 5) is 23.8. The molecule has 1 aromatic carbocycles. The highest BCUT2D eigenvalue weighted by Gasteiger charge is 2.17. The Bertz CT molecular complexity index is 1750. The van der Waals surface area contributed by atoms with Gasteiger partial charge in [-0.05, 0) is 29.8 Å². The van der Waals surface area contributed by atoms with Gasteiger partial charge >= 0.3 is 0 Å². The van der Waals surface area contributed by atoms with Gasteiger partial charge in [-0.15, -0.1) is 0 Å². The third-order valence-corrected chi connectivity index (χ3v) is 6.61. The number of hydrogen-bond donors (Lipinski definition) is 2. The van der Waals surface area contributed by atoms with Crippen LogP contribution in [0.2, 0.25) is 0 Å². The number of aromatic amines is 2. The zero-order chi connectivity index (χ0) is 24.8. The molecule has 1 aliphatic rings. The summed E-state index contributed by atoms with van der Waals surface area (Å²) in [6.07, 6.45) is 8.92. The monoisotopic (exact) mass is 492 g/mol. The van der Waals surface area contributed by atoms with Crippen LogP contribution in [0.15, 0.2) is 67.4 Å². The number of H-pyrrole nitrogens is 2. The van der Waals surface area contributed by atoms with E-state index in [-0.39, 0.29) is 5.82 Å². The number of imidazole rings is 1. The maximum atomic E-state index is 13.9. The molecular weight excluding hydrogens is 471 g/mol. The van der Waals surface area contributed by atoms with Gasteiger partial charge in [-0.2, -0.15) is 5.10 Å². The number of hydrogen-bond acceptors (Lipinski definition) is 7. The summed E-state index contributed by atoms with van der Waals surface area (Å²) < 4.78 is 19.4. The van der Waals surface area contributed by atoms with Crippen LogP contribution in [0.3, 0.4) is 0 Å². The first-order chi connectivity index (χ1) is 18.2. The van der Waals surface area contributed by atoms with Crippen molar-refractivity contribution in [2.24, 2.45) is 0 Å². The molecule has 0 bridgehead atoms. The van der Waals surface area contributed by atoms with E-state index in [0.717, 1.165) is 46.4 Å². The van der Waals surface area contributed by atoms with Gasteiger partial charge in [0.2, 0.25) is 0 Å². The number of anilines is 1. The van der Waals surface area contributed by atoms with Crippen molar-refractivity contribution in [2.45, 2.75) is 0 Å². The number of benzene rings is 1. The highest BCUT2D eigenvalue weighted by atomic mass is 19.1. The first kappa shape index (κ1) is 21.6. The third-order valence-electron chi connectivity index (χ3n) is 6.61. The molecule has 0 aliphatic carbocycles. The van der Waals surface area contributed by atoms with Crippen LogP contribution in [-0.4, -0.2) is 61.4 Å². The van der Waals surface area contributed by atoms with Crippen molar-refractivity contribution in [3.63, 3.8) is 0 Å². The molecule has 1 aliphatic heterocycles. The van der Waals surface area contributed by atoms with Gasteiger partial charge in [0.15, 0.2) is 11.5 Å². The molecule has 1 fully saturated rings. The molecule has 6 aromatic rings. The molecule has 0 saturated carbocycles. The summed E-state index contributed by atoms with van der Waals surface area (Å²) >= 11 is 0.